The van der Waals surface area contributed by atoms with Crippen molar-refractivity contribution in [1.29, 1.82) is 5.26 Å². The Morgan fingerprint density at radius 2 is 1.82 bits per heavy atom. The zero-order valence-corrected chi connectivity index (χ0v) is 27.7. The second kappa shape index (κ2) is 13.5. The van der Waals surface area contributed by atoms with Crippen molar-refractivity contribution in [1.82, 2.24) is 4.57 Å². The highest BCUT2D eigenvalue weighted by Gasteiger charge is 2.33. The van der Waals surface area contributed by atoms with E-state index in [4.69, 9.17) is 24.2 Å². The third kappa shape index (κ3) is 6.72. The summed E-state index contributed by atoms with van der Waals surface area (Å²) in [6.07, 6.45) is 1.42. The molecule has 0 unspecified atom stereocenters. The van der Waals surface area contributed by atoms with Gasteiger partial charge in [0.1, 0.15) is 12.4 Å². The topological polar surface area (TPSA) is 112 Å². The molecule has 45 heavy (non-hydrogen) atoms. The maximum Gasteiger partial charge on any atom is 0.338 e. The van der Waals surface area contributed by atoms with E-state index in [0.717, 1.165) is 11.1 Å². The number of aromatic nitrogens is 1. The first kappa shape index (κ1) is 31.8. The van der Waals surface area contributed by atoms with Gasteiger partial charge in [0.15, 0.2) is 16.3 Å². The Labute approximate surface area is 272 Å². The van der Waals surface area contributed by atoms with Gasteiger partial charge in [-0.3, -0.25) is 9.36 Å². The van der Waals surface area contributed by atoms with Gasteiger partial charge >= 0.3 is 5.97 Å². The Morgan fingerprint density at radius 1 is 1.11 bits per heavy atom. The largest absolute Gasteiger partial charge is 0.497 e. The van der Waals surface area contributed by atoms with Crippen molar-refractivity contribution in [3.05, 3.63) is 118 Å². The number of thiazole rings is 1. The van der Waals surface area contributed by atoms with Gasteiger partial charge in [-0.25, -0.2) is 9.79 Å². The number of esters is 1. The fourth-order valence-corrected chi connectivity index (χ4v) is 6.53. The highest BCUT2D eigenvalue weighted by atomic mass is 79.9. The SMILES string of the molecule is COc1ccc([C@H]2C(C(=O)OC(C)C)=C(C)N=c3s/c(=C/c4cc(Br)c(OCc5ccc(C#N)cc5)c(OC)c4)c(=O)n32)cc1. The lowest BCUT2D eigenvalue weighted by Gasteiger charge is -2.25. The molecule has 0 aliphatic carbocycles. The van der Waals surface area contributed by atoms with E-state index < -0.39 is 12.0 Å². The average Bonchev–Trinajstić information content (AvgIpc) is 3.33. The maximum absolute atomic E-state index is 14.0. The van der Waals surface area contributed by atoms with Crippen LogP contribution >= 0.6 is 27.3 Å². The monoisotopic (exact) mass is 687 g/mol. The highest BCUT2D eigenvalue weighted by molar-refractivity contribution is 9.10. The normalized spacial score (nSPS) is 14.4. The second-order valence-electron chi connectivity index (χ2n) is 10.4. The van der Waals surface area contributed by atoms with Gasteiger partial charge in [0.05, 0.1) is 58.3 Å². The Bertz CT molecular complexity index is 2010. The van der Waals surface area contributed by atoms with Gasteiger partial charge in [-0.1, -0.05) is 35.6 Å². The molecule has 0 saturated carbocycles. The summed E-state index contributed by atoms with van der Waals surface area (Å²) in [5.74, 6) is 1.11. The number of hydrogen-bond acceptors (Lipinski definition) is 9. The summed E-state index contributed by atoms with van der Waals surface area (Å²) in [6.45, 7) is 5.58. The number of ether oxygens (including phenoxy) is 4. The number of allylic oxidation sites excluding steroid dienone is 1. The van der Waals surface area contributed by atoms with Crippen molar-refractivity contribution >= 4 is 39.3 Å². The van der Waals surface area contributed by atoms with Crippen LogP contribution in [0.15, 0.2) is 86.2 Å². The Kier molecular flexibility index (Phi) is 9.56. The second-order valence-corrected chi connectivity index (χ2v) is 12.3. The van der Waals surface area contributed by atoms with Gasteiger partial charge in [-0.05, 0) is 95.9 Å². The van der Waals surface area contributed by atoms with E-state index in [9.17, 15) is 9.59 Å². The molecule has 0 N–H and O–H groups in total. The van der Waals surface area contributed by atoms with Gasteiger partial charge in [0.25, 0.3) is 5.56 Å². The number of carbonyl (C=O) groups is 1. The number of carbonyl (C=O) groups excluding carboxylic acids is 1. The quantitative estimate of drug-likeness (QED) is 0.216. The first-order chi connectivity index (χ1) is 21.6. The summed E-state index contributed by atoms with van der Waals surface area (Å²) in [6, 6.07) is 19.4. The third-order valence-corrected chi connectivity index (χ3v) is 8.60. The molecule has 1 aromatic heterocycles. The number of nitrogens with zero attached hydrogens (tertiary/aromatic N) is 3. The van der Waals surface area contributed by atoms with Gasteiger partial charge in [-0.2, -0.15) is 5.26 Å². The van der Waals surface area contributed by atoms with Crippen LogP contribution < -0.4 is 29.1 Å². The molecule has 1 aliphatic rings. The van der Waals surface area contributed by atoms with Crippen LogP contribution in [0.3, 0.4) is 0 Å². The molecule has 230 valence electrons. The lowest BCUT2D eigenvalue weighted by atomic mass is 9.96. The molecular weight excluding hydrogens is 658 g/mol. The van der Waals surface area contributed by atoms with Crippen molar-refractivity contribution in [3.63, 3.8) is 0 Å². The smallest absolute Gasteiger partial charge is 0.338 e. The zero-order chi connectivity index (χ0) is 32.2. The average molecular weight is 689 g/mol. The molecule has 9 nitrogen and oxygen atoms in total. The number of nitriles is 1. The molecular formula is C34H30BrN3O6S. The van der Waals surface area contributed by atoms with E-state index in [2.05, 4.69) is 27.0 Å². The van der Waals surface area contributed by atoms with E-state index in [-0.39, 0.29) is 18.3 Å². The highest BCUT2D eigenvalue weighted by Crippen LogP contribution is 2.37. The first-order valence-corrected chi connectivity index (χ1v) is 15.6. The number of hydrogen-bond donors (Lipinski definition) is 0. The minimum atomic E-state index is -0.736. The summed E-state index contributed by atoms with van der Waals surface area (Å²) >= 11 is 4.83. The molecule has 0 saturated heterocycles. The van der Waals surface area contributed by atoms with E-state index in [1.54, 1.807) is 76.0 Å². The van der Waals surface area contributed by atoms with Crippen LogP contribution in [0.4, 0.5) is 0 Å². The first-order valence-electron chi connectivity index (χ1n) is 14.0. The number of rotatable bonds is 9. The molecule has 0 spiro atoms. The van der Waals surface area contributed by atoms with E-state index in [0.29, 0.717) is 53.5 Å². The molecule has 11 heteroatoms. The van der Waals surface area contributed by atoms with Gasteiger partial charge < -0.3 is 18.9 Å². The van der Waals surface area contributed by atoms with Crippen molar-refractivity contribution in [2.75, 3.05) is 14.2 Å². The summed E-state index contributed by atoms with van der Waals surface area (Å²) < 4.78 is 25.2. The standard InChI is InChI=1S/C34H30BrN3O6S/c1-19(2)44-33(40)29-20(3)37-34-38(30(29)24-10-12-25(41-4)13-11-24)32(39)28(45-34)16-23-14-26(35)31(27(15-23)42-5)43-18-22-8-6-21(17-36)7-9-22/h6-16,19,30H,18H2,1-5H3/b28-16+/t30-/m0/s1. The number of fused-ring (bicyclic) bond motifs is 1. The number of methoxy groups -OCH3 is 2. The van der Waals surface area contributed by atoms with Crippen molar-refractivity contribution < 1.29 is 23.7 Å². The van der Waals surface area contributed by atoms with Crippen LogP contribution in [0.25, 0.3) is 6.08 Å². The summed E-state index contributed by atoms with van der Waals surface area (Å²) in [4.78, 5) is 32.5. The van der Waals surface area contributed by atoms with E-state index in [1.807, 2.05) is 30.3 Å². The van der Waals surface area contributed by atoms with Crippen molar-refractivity contribution in [2.24, 2.45) is 4.99 Å². The Hall–Kier alpha value is -4.66. The molecule has 1 atom stereocenters. The summed E-state index contributed by atoms with van der Waals surface area (Å²) in [5.41, 5.74) is 3.39. The van der Waals surface area contributed by atoms with E-state index in [1.165, 1.54) is 11.3 Å². The van der Waals surface area contributed by atoms with Gasteiger partial charge in [0, 0.05) is 0 Å². The number of halogens is 1. The fraction of sp³-hybridized carbons (Fsp3) is 0.235. The van der Waals surface area contributed by atoms with Crippen molar-refractivity contribution in [2.45, 2.75) is 39.5 Å². The van der Waals surface area contributed by atoms with E-state index >= 15 is 0 Å². The number of benzene rings is 3. The maximum atomic E-state index is 14.0. The predicted octanol–water partition coefficient (Wildman–Crippen LogP) is 5.42. The molecule has 5 rings (SSSR count). The van der Waals surface area contributed by atoms with Gasteiger partial charge in [-0.15, -0.1) is 0 Å². The molecule has 2 heterocycles. The minimum Gasteiger partial charge on any atom is -0.497 e. The molecule has 1 aliphatic heterocycles. The zero-order valence-electron chi connectivity index (χ0n) is 25.3. The predicted molar refractivity (Wildman–Crippen MR) is 174 cm³/mol. The summed E-state index contributed by atoms with van der Waals surface area (Å²) in [7, 11) is 3.12. The fourth-order valence-electron chi connectivity index (χ4n) is 4.91. The van der Waals surface area contributed by atoms with Crippen LogP contribution in [0, 0.1) is 11.3 Å². The molecule has 0 fully saturated rings. The molecule has 4 aromatic rings. The molecule has 3 aromatic carbocycles. The lowest BCUT2D eigenvalue weighted by molar-refractivity contribution is -0.143. The molecule has 0 radical (unpaired) electrons. The van der Waals surface area contributed by atoms with Crippen LogP contribution in [0.1, 0.15) is 49.1 Å². The molecule has 0 amide bonds. The van der Waals surface area contributed by atoms with Crippen LogP contribution in [0.2, 0.25) is 0 Å². The molecule has 0 bridgehead atoms. The van der Waals surface area contributed by atoms with Crippen LogP contribution in [-0.2, 0) is 16.1 Å². The van der Waals surface area contributed by atoms with Crippen molar-refractivity contribution in [3.8, 4) is 23.3 Å². The lowest BCUT2D eigenvalue weighted by Crippen LogP contribution is -2.40. The minimum absolute atomic E-state index is 0.269. The van der Waals surface area contributed by atoms with Crippen LogP contribution in [0.5, 0.6) is 17.2 Å². The Morgan fingerprint density at radius 3 is 2.44 bits per heavy atom. The summed E-state index contributed by atoms with van der Waals surface area (Å²) in [5, 5.41) is 9.04. The van der Waals surface area contributed by atoms with Gasteiger partial charge in [0.2, 0.25) is 0 Å². The van der Waals surface area contributed by atoms with Crippen LogP contribution in [-0.4, -0.2) is 30.9 Å². The third-order valence-electron chi connectivity index (χ3n) is 7.03. The Balaban J connectivity index is 1.55.